The first-order chi connectivity index (χ1) is 15.4. The number of imidazole rings is 1. The van der Waals surface area contributed by atoms with Gasteiger partial charge in [0.25, 0.3) is 5.91 Å². The predicted octanol–water partition coefficient (Wildman–Crippen LogP) is 4.33. The van der Waals surface area contributed by atoms with E-state index in [0.29, 0.717) is 17.2 Å². The molecule has 0 unspecified atom stereocenters. The van der Waals surface area contributed by atoms with Gasteiger partial charge in [0.15, 0.2) is 15.0 Å². The predicted molar refractivity (Wildman–Crippen MR) is 127 cm³/mol. The van der Waals surface area contributed by atoms with Crippen molar-refractivity contribution in [3.63, 3.8) is 0 Å². The Bertz CT molecular complexity index is 1330. The standard InChI is InChI=1S/C23H24N4O3S2/c1-3-32(29,30)19-8-6-18(7-9-19)22(28)27(13-4-12-26-14-11-24-16-26)23-25-20-10-5-17(2)15-21(20)31-23/h5-11,14-16H,3-4,12-13H2,1-2H3. The minimum Gasteiger partial charge on any atom is -0.337 e. The number of rotatable bonds is 8. The Balaban J connectivity index is 1.63. The normalized spacial score (nSPS) is 11.7. The Morgan fingerprint density at radius 3 is 2.62 bits per heavy atom. The first-order valence-corrected chi connectivity index (χ1v) is 12.8. The van der Waals surface area contributed by atoms with Gasteiger partial charge in [0.1, 0.15) is 0 Å². The number of benzene rings is 2. The van der Waals surface area contributed by atoms with Crippen molar-refractivity contribution in [1.29, 1.82) is 0 Å². The van der Waals surface area contributed by atoms with Gasteiger partial charge in [0.2, 0.25) is 0 Å². The average molecular weight is 469 g/mol. The summed E-state index contributed by atoms with van der Waals surface area (Å²) in [7, 11) is -3.32. The maximum atomic E-state index is 13.4. The van der Waals surface area contributed by atoms with Crippen molar-refractivity contribution in [3.8, 4) is 0 Å². The third kappa shape index (κ3) is 4.73. The van der Waals surface area contributed by atoms with Gasteiger partial charge >= 0.3 is 0 Å². The van der Waals surface area contributed by atoms with E-state index >= 15 is 0 Å². The number of aryl methyl sites for hydroxylation is 2. The van der Waals surface area contributed by atoms with Crippen molar-refractivity contribution in [3.05, 3.63) is 72.3 Å². The number of amides is 1. The van der Waals surface area contributed by atoms with E-state index in [1.165, 1.54) is 23.5 Å². The maximum Gasteiger partial charge on any atom is 0.260 e. The van der Waals surface area contributed by atoms with Gasteiger partial charge in [-0.2, -0.15) is 0 Å². The molecule has 0 fully saturated rings. The van der Waals surface area contributed by atoms with Crippen LogP contribution in [0.5, 0.6) is 0 Å². The van der Waals surface area contributed by atoms with Crippen LogP contribution in [0, 0.1) is 6.92 Å². The van der Waals surface area contributed by atoms with Crippen LogP contribution >= 0.6 is 11.3 Å². The molecule has 1 amide bonds. The Hall–Kier alpha value is -3.04. The molecule has 2 aromatic carbocycles. The summed E-state index contributed by atoms with van der Waals surface area (Å²) < 4.78 is 27.2. The second-order valence-electron chi connectivity index (χ2n) is 7.51. The fraction of sp³-hybridized carbons (Fsp3) is 0.261. The van der Waals surface area contributed by atoms with Gasteiger partial charge in [0, 0.05) is 31.0 Å². The van der Waals surface area contributed by atoms with E-state index in [1.807, 2.05) is 29.8 Å². The van der Waals surface area contributed by atoms with Gasteiger partial charge in [-0.1, -0.05) is 24.3 Å². The third-order valence-electron chi connectivity index (χ3n) is 5.21. The van der Waals surface area contributed by atoms with Crippen LogP contribution in [-0.2, 0) is 16.4 Å². The second kappa shape index (κ2) is 9.22. The lowest BCUT2D eigenvalue weighted by atomic mass is 10.2. The van der Waals surface area contributed by atoms with Crippen LogP contribution in [0.25, 0.3) is 10.2 Å². The van der Waals surface area contributed by atoms with E-state index in [0.717, 1.165) is 28.7 Å². The van der Waals surface area contributed by atoms with Crippen LogP contribution in [0.3, 0.4) is 0 Å². The number of hydrogen-bond donors (Lipinski definition) is 0. The topological polar surface area (TPSA) is 85.2 Å². The fourth-order valence-corrected chi connectivity index (χ4v) is 5.35. The Morgan fingerprint density at radius 2 is 1.94 bits per heavy atom. The molecule has 7 nitrogen and oxygen atoms in total. The molecular weight excluding hydrogens is 444 g/mol. The zero-order valence-corrected chi connectivity index (χ0v) is 19.6. The van der Waals surface area contributed by atoms with E-state index in [1.54, 1.807) is 36.5 Å². The lowest BCUT2D eigenvalue weighted by molar-refractivity contribution is 0.0986. The molecule has 0 saturated carbocycles. The molecule has 0 N–H and O–H groups in total. The molecule has 0 radical (unpaired) electrons. The monoisotopic (exact) mass is 468 g/mol. The molecule has 0 aliphatic carbocycles. The second-order valence-corrected chi connectivity index (χ2v) is 10.8. The lowest BCUT2D eigenvalue weighted by Crippen LogP contribution is -2.32. The SMILES string of the molecule is CCS(=O)(=O)c1ccc(C(=O)N(CCCn2ccnc2)c2nc3ccc(C)cc3s2)cc1. The number of thiazole rings is 1. The highest BCUT2D eigenvalue weighted by Gasteiger charge is 2.22. The van der Waals surface area contributed by atoms with Crippen LogP contribution in [-0.4, -0.2) is 41.2 Å². The molecule has 2 heterocycles. The fourth-order valence-electron chi connectivity index (χ4n) is 3.38. The number of sulfone groups is 1. The summed E-state index contributed by atoms with van der Waals surface area (Å²) in [6.07, 6.45) is 6.09. The minimum absolute atomic E-state index is 0.0196. The van der Waals surface area contributed by atoms with Gasteiger partial charge in [-0.3, -0.25) is 9.69 Å². The van der Waals surface area contributed by atoms with Crippen molar-refractivity contribution < 1.29 is 13.2 Å². The van der Waals surface area contributed by atoms with Crippen LogP contribution < -0.4 is 4.90 Å². The van der Waals surface area contributed by atoms with E-state index in [-0.39, 0.29) is 16.6 Å². The third-order valence-corrected chi connectivity index (χ3v) is 8.00. The molecule has 9 heteroatoms. The molecule has 0 spiro atoms. The number of fused-ring (bicyclic) bond motifs is 1. The highest BCUT2D eigenvalue weighted by atomic mass is 32.2. The summed E-state index contributed by atoms with van der Waals surface area (Å²) in [6.45, 7) is 4.83. The number of nitrogens with zero attached hydrogens (tertiary/aromatic N) is 4. The first kappa shape index (κ1) is 22.2. The molecule has 2 aromatic heterocycles. The summed E-state index contributed by atoms with van der Waals surface area (Å²) in [5.74, 6) is -0.182. The van der Waals surface area contributed by atoms with Crippen molar-refractivity contribution in [2.75, 3.05) is 17.2 Å². The van der Waals surface area contributed by atoms with Crippen LogP contribution in [0.15, 0.2) is 66.1 Å². The summed E-state index contributed by atoms with van der Waals surface area (Å²) >= 11 is 1.48. The molecule has 166 valence electrons. The van der Waals surface area contributed by atoms with Crippen LogP contribution in [0.2, 0.25) is 0 Å². The number of carbonyl (C=O) groups is 1. The molecule has 0 bridgehead atoms. The van der Waals surface area contributed by atoms with E-state index < -0.39 is 9.84 Å². The first-order valence-electron chi connectivity index (χ1n) is 10.3. The van der Waals surface area contributed by atoms with Crippen LogP contribution in [0.1, 0.15) is 29.3 Å². The van der Waals surface area contributed by atoms with E-state index in [4.69, 9.17) is 4.98 Å². The quantitative estimate of drug-likeness (QED) is 0.384. The zero-order chi connectivity index (χ0) is 22.7. The Kier molecular flexibility index (Phi) is 6.38. The van der Waals surface area contributed by atoms with Gasteiger partial charge in [-0.05, 0) is 55.3 Å². The average Bonchev–Trinajstić information content (AvgIpc) is 3.46. The molecule has 0 aliphatic heterocycles. The smallest absolute Gasteiger partial charge is 0.260 e. The molecule has 4 rings (SSSR count). The summed E-state index contributed by atoms with van der Waals surface area (Å²) in [6, 6.07) is 12.2. The molecule has 0 saturated heterocycles. The van der Waals surface area contributed by atoms with Crippen molar-refractivity contribution >= 4 is 42.4 Å². The molecule has 0 atom stereocenters. The molecule has 0 aliphatic rings. The van der Waals surface area contributed by atoms with Gasteiger partial charge in [-0.25, -0.2) is 18.4 Å². The van der Waals surface area contributed by atoms with E-state index in [2.05, 4.69) is 11.1 Å². The lowest BCUT2D eigenvalue weighted by Gasteiger charge is -2.20. The van der Waals surface area contributed by atoms with Gasteiger partial charge in [0.05, 0.1) is 27.2 Å². The Labute approximate surface area is 191 Å². The molecule has 32 heavy (non-hydrogen) atoms. The molecule has 4 aromatic rings. The van der Waals surface area contributed by atoms with Crippen LogP contribution in [0.4, 0.5) is 5.13 Å². The Morgan fingerprint density at radius 1 is 1.16 bits per heavy atom. The zero-order valence-electron chi connectivity index (χ0n) is 17.9. The highest BCUT2D eigenvalue weighted by Crippen LogP contribution is 2.30. The van der Waals surface area contributed by atoms with Gasteiger partial charge in [-0.15, -0.1) is 0 Å². The minimum atomic E-state index is -3.32. The largest absolute Gasteiger partial charge is 0.337 e. The van der Waals surface area contributed by atoms with Gasteiger partial charge < -0.3 is 4.57 Å². The number of hydrogen-bond acceptors (Lipinski definition) is 6. The van der Waals surface area contributed by atoms with Crippen molar-refractivity contribution in [2.45, 2.75) is 31.7 Å². The summed E-state index contributed by atoms with van der Waals surface area (Å²) in [4.78, 5) is 24.1. The van der Waals surface area contributed by atoms with Crippen molar-refractivity contribution in [1.82, 2.24) is 14.5 Å². The summed E-state index contributed by atoms with van der Waals surface area (Å²) in [5.41, 5.74) is 2.42. The van der Waals surface area contributed by atoms with E-state index in [9.17, 15) is 13.2 Å². The molecular formula is C23H24N4O3S2. The maximum absolute atomic E-state index is 13.4. The number of carbonyl (C=O) groups excluding carboxylic acids is 1. The highest BCUT2D eigenvalue weighted by molar-refractivity contribution is 7.91. The number of anilines is 1. The van der Waals surface area contributed by atoms with Crippen molar-refractivity contribution in [2.24, 2.45) is 0 Å². The number of aromatic nitrogens is 3. The summed E-state index contributed by atoms with van der Waals surface area (Å²) in [5, 5.41) is 0.631.